The van der Waals surface area contributed by atoms with E-state index >= 15 is 0 Å². The third-order valence-electron chi connectivity index (χ3n) is 2.89. The van der Waals surface area contributed by atoms with Crippen molar-refractivity contribution in [1.29, 1.82) is 0 Å². The number of ketones is 1. The molecule has 0 aliphatic heterocycles. The molecule has 6 heteroatoms. The molecule has 2 heterocycles. The average Bonchev–Trinajstić information content (AvgIpc) is 3.01. The van der Waals surface area contributed by atoms with Crippen molar-refractivity contribution in [2.75, 3.05) is 5.75 Å². The van der Waals surface area contributed by atoms with Crippen LogP contribution in [0.2, 0.25) is 5.02 Å². The van der Waals surface area contributed by atoms with Gasteiger partial charge in [-0.1, -0.05) is 23.4 Å². The number of oxazole rings is 1. The molecule has 0 atom stereocenters. The quantitative estimate of drug-likeness (QED) is 0.543. The summed E-state index contributed by atoms with van der Waals surface area (Å²) in [4.78, 5) is 16.3. The first-order valence-corrected chi connectivity index (χ1v) is 7.33. The number of carbonyl (C=O) groups excluding carboxylic acids is 1. The normalized spacial score (nSPS) is 11.1. The molecule has 2 aromatic heterocycles. The van der Waals surface area contributed by atoms with Gasteiger partial charge < -0.3 is 8.98 Å². The minimum absolute atomic E-state index is 0.0442. The van der Waals surface area contributed by atoms with E-state index in [4.69, 9.17) is 16.0 Å². The van der Waals surface area contributed by atoms with Crippen LogP contribution in [0.15, 0.2) is 46.2 Å². The zero-order chi connectivity index (χ0) is 14.1. The summed E-state index contributed by atoms with van der Waals surface area (Å²) in [5.41, 5.74) is 2.05. The fourth-order valence-corrected chi connectivity index (χ4v) is 2.77. The number of thioether (sulfide) groups is 1. The van der Waals surface area contributed by atoms with Crippen molar-refractivity contribution < 1.29 is 9.21 Å². The lowest BCUT2D eigenvalue weighted by Gasteiger charge is -2.00. The maximum absolute atomic E-state index is 12.0. The molecule has 3 rings (SSSR count). The highest BCUT2D eigenvalue weighted by Gasteiger charge is 2.12. The molecule has 0 fully saturated rings. The summed E-state index contributed by atoms with van der Waals surface area (Å²) in [5.74, 6) is 0.334. The molecule has 4 nitrogen and oxygen atoms in total. The summed E-state index contributed by atoms with van der Waals surface area (Å²) in [5, 5.41) is 1.09. The summed E-state index contributed by atoms with van der Waals surface area (Å²) in [6, 6.07) is 8.91. The standard InChI is InChI=1S/C14H11ClN2O2S/c1-17-6-2-3-11(17)12(18)8-20-14-16-10-7-9(15)4-5-13(10)19-14/h2-7H,8H2,1H3. The lowest BCUT2D eigenvalue weighted by molar-refractivity contribution is 0.101. The fourth-order valence-electron chi connectivity index (χ4n) is 1.89. The van der Waals surface area contributed by atoms with E-state index in [1.165, 1.54) is 11.8 Å². The number of Topliss-reactive ketones (excluding diaryl/α,β-unsaturated/α-hetero) is 1. The van der Waals surface area contributed by atoms with Crippen LogP contribution < -0.4 is 0 Å². The molecule has 0 bridgehead atoms. The van der Waals surface area contributed by atoms with Crippen LogP contribution in [0.4, 0.5) is 0 Å². The van der Waals surface area contributed by atoms with Gasteiger partial charge in [-0.25, -0.2) is 4.98 Å². The van der Waals surface area contributed by atoms with Crippen LogP contribution in [0.25, 0.3) is 11.1 Å². The second-order valence-corrected chi connectivity index (χ2v) is 5.67. The van der Waals surface area contributed by atoms with E-state index in [1.807, 2.05) is 19.3 Å². The number of aryl methyl sites for hydroxylation is 1. The van der Waals surface area contributed by atoms with Gasteiger partial charge in [0.25, 0.3) is 5.22 Å². The minimum Gasteiger partial charge on any atom is -0.431 e. The van der Waals surface area contributed by atoms with Gasteiger partial charge in [0.2, 0.25) is 0 Å². The van der Waals surface area contributed by atoms with Crippen LogP contribution in [-0.4, -0.2) is 21.1 Å². The Morgan fingerprint density at radius 1 is 1.45 bits per heavy atom. The molecule has 1 aromatic carbocycles. The number of benzene rings is 1. The van der Waals surface area contributed by atoms with E-state index in [9.17, 15) is 4.79 Å². The Balaban J connectivity index is 1.74. The van der Waals surface area contributed by atoms with E-state index in [0.29, 0.717) is 32.8 Å². The van der Waals surface area contributed by atoms with Gasteiger partial charge in [0.05, 0.1) is 11.4 Å². The molecule has 0 unspecified atom stereocenters. The van der Waals surface area contributed by atoms with Gasteiger partial charge in [-0.15, -0.1) is 0 Å². The second kappa shape index (κ2) is 5.34. The molecule has 3 aromatic rings. The highest BCUT2D eigenvalue weighted by Crippen LogP contribution is 2.26. The zero-order valence-electron chi connectivity index (χ0n) is 10.7. The first-order chi connectivity index (χ1) is 9.63. The van der Waals surface area contributed by atoms with E-state index in [0.717, 1.165) is 0 Å². The Kier molecular flexibility index (Phi) is 3.54. The number of fused-ring (bicyclic) bond motifs is 1. The number of aromatic nitrogens is 2. The Bertz CT molecular complexity index is 778. The Labute approximate surface area is 124 Å². The molecular weight excluding hydrogens is 296 g/mol. The maximum Gasteiger partial charge on any atom is 0.257 e. The molecule has 0 saturated heterocycles. The number of hydrogen-bond donors (Lipinski definition) is 0. The largest absolute Gasteiger partial charge is 0.431 e. The maximum atomic E-state index is 12.0. The van der Waals surface area contributed by atoms with Crippen LogP contribution in [0.3, 0.4) is 0 Å². The minimum atomic E-state index is 0.0442. The Morgan fingerprint density at radius 3 is 3.05 bits per heavy atom. The van der Waals surface area contributed by atoms with Crippen molar-refractivity contribution in [2.24, 2.45) is 7.05 Å². The van der Waals surface area contributed by atoms with E-state index in [2.05, 4.69) is 4.98 Å². The molecule has 0 radical (unpaired) electrons. The van der Waals surface area contributed by atoms with Crippen molar-refractivity contribution >= 4 is 40.2 Å². The topological polar surface area (TPSA) is 48.0 Å². The highest BCUT2D eigenvalue weighted by molar-refractivity contribution is 7.99. The van der Waals surface area contributed by atoms with Gasteiger partial charge in [-0.05, 0) is 30.3 Å². The van der Waals surface area contributed by atoms with Crippen molar-refractivity contribution in [1.82, 2.24) is 9.55 Å². The first-order valence-electron chi connectivity index (χ1n) is 5.97. The second-order valence-electron chi connectivity index (χ2n) is 4.31. The molecule has 102 valence electrons. The van der Waals surface area contributed by atoms with E-state index < -0.39 is 0 Å². The number of carbonyl (C=O) groups is 1. The van der Waals surface area contributed by atoms with E-state index in [1.54, 1.807) is 28.8 Å². The van der Waals surface area contributed by atoms with Gasteiger partial charge in [-0.3, -0.25) is 4.79 Å². The SMILES string of the molecule is Cn1cccc1C(=O)CSc1nc2cc(Cl)ccc2o1. The smallest absolute Gasteiger partial charge is 0.257 e. The lowest BCUT2D eigenvalue weighted by atomic mass is 10.3. The predicted octanol–water partition coefficient (Wildman–Crippen LogP) is 3.79. The van der Waals surface area contributed by atoms with Crippen molar-refractivity contribution in [3.63, 3.8) is 0 Å². The van der Waals surface area contributed by atoms with Crippen molar-refractivity contribution in [3.05, 3.63) is 47.2 Å². The summed E-state index contributed by atoms with van der Waals surface area (Å²) < 4.78 is 7.36. The van der Waals surface area contributed by atoms with Crippen LogP contribution in [0, 0.1) is 0 Å². The van der Waals surface area contributed by atoms with Gasteiger partial charge >= 0.3 is 0 Å². The summed E-state index contributed by atoms with van der Waals surface area (Å²) in [6.45, 7) is 0. The molecule has 0 aliphatic rings. The molecule has 0 saturated carbocycles. The van der Waals surface area contributed by atoms with Crippen LogP contribution in [0.5, 0.6) is 0 Å². The number of rotatable bonds is 4. The predicted molar refractivity (Wildman–Crippen MR) is 79.5 cm³/mol. The monoisotopic (exact) mass is 306 g/mol. The van der Waals surface area contributed by atoms with Gasteiger partial charge in [-0.2, -0.15) is 0 Å². The number of nitrogens with zero attached hydrogens (tertiary/aromatic N) is 2. The van der Waals surface area contributed by atoms with Gasteiger partial charge in [0.1, 0.15) is 5.52 Å². The third kappa shape index (κ3) is 2.59. The number of halogens is 1. The van der Waals surface area contributed by atoms with Gasteiger partial charge in [0.15, 0.2) is 11.4 Å². The zero-order valence-corrected chi connectivity index (χ0v) is 12.2. The van der Waals surface area contributed by atoms with E-state index in [-0.39, 0.29) is 5.78 Å². The van der Waals surface area contributed by atoms with Crippen LogP contribution in [0.1, 0.15) is 10.5 Å². The molecule has 0 aliphatic carbocycles. The molecule has 0 spiro atoms. The third-order valence-corrected chi connectivity index (χ3v) is 3.95. The molecule has 0 amide bonds. The number of hydrogen-bond acceptors (Lipinski definition) is 4. The Hall–Kier alpha value is -1.72. The van der Waals surface area contributed by atoms with Crippen LogP contribution >= 0.6 is 23.4 Å². The Morgan fingerprint density at radius 2 is 2.30 bits per heavy atom. The summed E-state index contributed by atoms with van der Waals surface area (Å²) in [7, 11) is 1.85. The molecule has 20 heavy (non-hydrogen) atoms. The molecular formula is C14H11ClN2O2S. The highest BCUT2D eigenvalue weighted by atomic mass is 35.5. The van der Waals surface area contributed by atoms with Crippen LogP contribution in [-0.2, 0) is 7.05 Å². The van der Waals surface area contributed by atoms with Gasteiger partial charge in [0, 0.05) is 18.3 Å². The molecule has 0 N–H and O–H groups in total. The summed E-state index contributed by atoms with van der Waals surface area (Å²) in [6.07, 6.45) is 1.85. The lowest BCUT2D eigenvalue weighted by Crippen LogP contribution is -2.07. The average molecular weight is 307 g/mol. The van der Waals surface area contributed by atoms with Crippen molar-refractivity contribution in [3.8, 4) is 0 Å². The fraction of sp³-hybridized carbons (Fsp3) is 0.143. The van der Waals surface area contributed by atoms with Crippen molar-refractivity contribution in [2.45, 2.75) is 5.22 Å². The first kappa shape index (κ1) is 13.3. The summed E-state index contributed by atoms with van der Waals surface area (Å²) >= 11 is 7.18.